The summed E-state index contributed by atoms with van der Waals surface area (Å²) in [6, 6.07) is 12.3. The van der Waals surface area contributed by atoms with E-state index in [0.717, 1.165) is 43.4 Å². The van der Waals surface area contributed by atoms with Gasteiger partial charge in [-0.05, 0) is 61.6 Å². The lowest BCUT2D eigenvalue weighted by Crippen LogP contribution is -2.34. The second-order valence-corrected chi connectivity index (χ2v) is 8.21. The van der Waals surface area contributed by atoms with E-state index in [1.54, 1.807) is 24.3 Å². The molecule has 0 bridgehead atoms. The summed E-state index contributed by atoms with van der Waals surface area (Å²) < 4.78 is 38.3. The molecule has 2 saturated carbocycles. The SMILES string of the molecule is O=C(CN(Cc1ccc(C(F)(F)F)cc1)C1CC1)Nc1cccc(C(=O)NC2CC2)c1. The van der Waals surface area contributed by atoms with Crippen LogP contribution in [0.1, 0.15) is 47.2 Å². The first-order valence-corrected chi connectivity index (χ1v) is 10.4. The minimum absolute atomic E-state index is 0.129. The van der Waals surface area contributed by atoms with Gasteiger partial charge in [0, 0.05) is 29.9 Å². The zero-order chi connectivity index (χ0) is 22.0. The molecule has 2 aliphatic carbocycles. The van der Waals surface area contributed by atoms with Crippen molar-refractivity contribution in [2.75, 3.05) is 11.9 Å². The number of hydrogen-bond acceptors (Lipinski definition) is 3. The molecule has 2 aromatic rings. The summed E-state index contributed by atoms with van der Waals surface area (Å²) in [5, 5.41) is 5.74. The topological polar surface area (TPSA) is 61.4 Å². The first kappa shape index (κ1) is 21.4. The Morgan fingerprint density at radius 1 is 1.00 bits per heavy atom. The third-order valence-corrected chi connectivity index (χ3v) is 5.40. The van der Waals surface area contributed by atoms with Gasteiger partial charge in [-0.1, -0.05) is 18.2 Å². The molecule has 0 unspecified atom stereocenters. The molecule has 2 fully saturated rings. The van der Waals surface area contributed by atoms with E-state index >= 15 is 0 Å². The smallest absolute Gasteiger partial charge is 0.349 e. The number of amides is 2. The van der Waals surface area contributed by atoms with Crippen molar-refractivity contribution in [3.63, 3.8) is 0 Å². The molecule has 5 nitrogen and oxygen atoms in total. The van der Waals surface area contributed by atoms with Crippen LogP contribution in [-0.4, -0.2) is 35.3 Å². The first-order valence-electron chi connectivity index (χ1n) is 10.4. The molecule has 0 radical (unpaired) electrons. The first-order chi connectivity index (χ1) is 14.8. The van der Waals surface area contributed by atoms with Crippen LogP contribution in [0.2, 0.25) is 0 Å². The Morgan fingerprint density at radius 3 is 2.32 bits per heavy atom. The Labute approximate surface area is 178 Å². The minimum Gasteiger partial charge on any atom is -0.349 e. The number of nitrogens with one attached hydrogen (secondary N) is 2. The molecular formula is C23H24F3N3O2. The van der Waals surface area contributed by atoms with Crippen molar-refractivity contribution in [3.8, 4) is 0 Å². The normalized spacial score (nSPS) is 16.3. The van der Waals surface area contributed by atoms with Crippen LogP contribution in [0.15, 0.2) is 48.5 Å². The second kappa shape index (κ2) is 8.70. The van der Waals surface area contributed by atoms with Crippen molar-refractivity contribution in [3.05, 3.63) is 65.2 Å². The molecule has 0 spiro atoms. The molecule has 4 rings (SSSR count). The zero-order valence-electron chi connectivity index (χ0n) is 16.9. The Morgan fingerprint density at radius 2 is 1.71 bits per heavy atom. The van der Waals surface area contributed by atoms with E-state index in [1.165, 1.54) is 12.1 Å². The van der Waals surface area contributed by atoms with Gasteiger partial charge in [-0.25, -0.2) is 0 Å². The van der Waals surface area contributed by atoms with Gasteiger partial charge in [-0.2, -0.15) is 13.2 Å². The lowest BCUT2D eigenvalue weighted by atomic mass is 10.1. The predicted octanol–water partition coefficient (Wildman–Crippen LogP) is 4.20. The molecule has 31 heavy (non-hydrogen) atoms. The zero-order valence-corrected chi connectivity index (χ0v) is 16.9. The van der Waals surface area contributed by atoms with Crippen LogP contribution in [-0.2, 0) is 17.5 Å². The maximum Gasteiger partial charge on any atom is 0.416 e. The molecule has 2 aliphatic rings. The summed E-state index contributed by atoms with van der Waals surface area (Å²) in [5.74, 6) is -0.376. The van der Waals surface area contributed by atoms with E-state index in [0.29, 0.717) is 17.8 Å². The van der Waals surface area contributed by atoms with Crippen molar-refractivity contribution in [1.82, 2.24) is 10.2 Å². The molecule has 2 N–H and O–H groups in total. The number of nitrogens with zero attached hydrogens (tertiary/aromatic N) is 1. The van der Waals surface area contributed by atoms with Crippen LogP contribution in [0.4, 0.5) is 18.9 Å². The number of anilines is 1. The van der Waals surface area contributed by atoms with Crippen LogP contribution in [0.25, 0.3) is 0 Å². The van der Waals surface area contributed by atoms with Crippen LogP contribution in [0.5, 0.6) is 0 Å². The van der Waals surface area contributed by atoms with Crippen LogP contribution in [0.3, 0.4) is 0 Å². The number of halogens is 3. The number of alkyl halides is 3. The number of rotatable bonds is 8. The van der Waals surface area contributed by atoms with Crippen molar-refractivity contribution < 1.29 is 22.8 Å². The van der Waals surface area contributed by atoms with Gasteiger partial charge in [0.25, 0.3) is 5.91 Å². The Kier molecular flexibility index (Phi) is 6.00. The summed E-state index contributed by atoms with van der Waals surface area (Å²) in [4.78, 5) is 26.8. The Hall–Kier alpha value is -2.87. The highest BCUT2D eigenvalue weighted by Gasteiger charge is 2.32. The fourth-order valence-corrected chi connectivity index (χ4v) is 3.41. The highest BCUT2D eigenvalue weighted by atomic mass is 19.4. The van der Waals surface area contributed by atoms with Crippen LogP contribution < -0.4 is 10.6 Å². The molecule has 0 saturated heterocycles. The maximum absolute atomic E-state index is 12.8. The fraction of sp³-hybridized carbons (Fsp3) is 0.391. The van der Waals surface area contributed by atoms with Gasteiger partial charge in [0.1, 0.15) is 0 Å². The lowest BCUT2D eigenvalue weighted by Gasteiger charge is -2.22. The Bertz CT molecular complexity index is 951. The van der Waals surface area contributed by atoms with Crippen LogP contribution in [0, 0.1) is 0 Å². The third-order valence-electron chi connectivity index (χ3n) is 5.40. The summed E-state index contributed by atoms with van der Waals surface area (Å²) in [6.07, 6.45) is -0.440. The number of carbonyl (C=O) groups excluding carboxylic acids is 2. The third kappa shape index (κ3) is 6.07. The van der Waals surface area contributed by atoms with Crippen LogP contribution >= 0.6 is 0 Å². The van der Waals surface area contributed by atoms with E-state index in [9.17, 15) is 22.8 Å². The Balaban J connectivity index is 1.35. The molecule has 2 aromatic carbocycles. The second-order valence-electron chi connectivity index (χ2n) is 8.21. The fourth-order valence-electron chi connectivity index (χ4n) is 3.41. The van der Waals surface area contributed by atoms with E-state index < -0.39 is 11.7 Å². The van der Waals surface area contributed by atoms with Gasteiger partial charge in [-0.3, -0.25) is 14.5 Å². The molecule has 8 heteroatoms. The number of carbonyl (C=O) groups is 2. The molecule has 0 aromatic heterocycles. The summed E-state index contributed by atoms with van der Waals surface area (Å²) >= 11 is 0. The van der Waals surface area contributed by atoms with E-state index in [2.05, 4.69) is 10.6 Å². The lowest BCUT2D eigenvalue weighted by molar-refractivity contribution is -0.137. The number of benzene rings is 2. The van der Waals surface area contributed by atoms with E-state index in [-0.39, 0.29) is 30.4 Å². The number of hydrogen-bond donors (Lipinski definition) is 2. The standard InChI is InChI=1S/C23H24F3N3O2/c24-23(25,26)17-6-4-15(5-7-17)13-29(20-10-11-20)14-21(30)27-19-3-1-2-16(12-19)22(31)28-18-8-9-18/h1-7,12,18,20H,8-11,13-14H2,(H,27,30)(H,28,31). The molecular weight excluding hydrogens is 407 g/mol. The van der Waals surface area contributed by atoms with Crippen molar-refractivity contribution in [2.24, 2.45) is 0 Å². The average molecular weight is 431 g/mol. The van der Waals surface area contributed by atoms with E-state index in [4.69, 9.17) is 0 Å². The predicted molar refractivity (Wildman–Crippen MR) is 110 cm³/mol. The molecule has 0 atom stereocenters. The largest absolute Gasteiger partial charge is 0.416 e. The molecule has 2 amide bonds. The van der Waals surface area contributed by atoms with E-state index in [1.807, 2.05) is 4.90 Å². The highest BCUT2D eigenvalue weighted by molar-refractivity contribution is 5.97. The van der Waals surface area contributed by atoms with Gasteiger partial charge in [0.15, 0.2) is 0 Å². The van der Waals surface area contributed by atoms with Gasteiger partial charge < -0.3 is 10.6 Å². The summed E-state index contributed by atoms with van der Waals surface area (Å²) in [5.41, 5.74) is 1.08. The monoisotopic (exact) mass is 431 g/mol. The summed E-state index contributed by atoms with van der Waals surface area (Å²) in [7, 11) is 0. The highest BCUT2D eigenvalue weighted by Crippen LogP contribution is 2.31. The molecule has 0 heterocycles. The quantitative estimate of drug-likeness (QED) is 0.659. The minimum atomic E-state index is -4.36. The van der Waals surface area contributed by atoms with Crippen molar-refractivity contribution in [2.45, 2.75) is 50.5 Å². The van der Waals surface area contributed by atoms with Gasteiger partial charge >= 0.3 is 6.18 Å². The van der Waals surface area contributed by atoms with Gasteiger partial charge in [0.2, 0.25) is 5.91 Å². The van der Waals surface area contributed by atoms with Gasteiger partial charge in [-0.15, -0.1) is 0 Å². The van der Waals surface area contributed by atoms with Crippen molar-refractivity contribution in [1.29, 1.82) is 0 Å². The maximum atomic E-state index is 12.8. The van der Waals surface area contributed by atoms with Crippen molar-refractivity contribution >= 4 is 17.5 Å². The van der Waals surface area contributed by atoms with Gasteiger partial charge in [0.05, 0.1) is 12.1 Å². The summed E-state index contributed by atoms with van der Waals surface area (Å²) in [6.45, 7) is 0.532. The molecule has 164 valence electrons. The average Bonchev–Trinajstić information content (AvgIpc) is 3.61. The molecule has 0 aliphatic heterocycles.